The lowest BCUT2D eigenvalue weighted by molar-refractivity contribution is 0.140. The van der Waals surface area contributed by atoms with Crippen LogP contribution in [-0.2, 0) is 0 Å². The van der Waals surface area contributed by atoms with E-state index in [0.717, 1.165) is 0 Å². The highest BCUT2D eigenvalue weighted by Crippen LogP contribution is 1.66. The molecule has 0 rings (SSSR count). The summed E-state index contributed by atoms with van der Waals surface area (Å²) in [6.07, 6.45) is 0. The van der Waals surface area contributed by atoms with Gasteiger partial charge in [0.25, 0.3) is 0 Å². The molecule has 0 aliphatic heterocycles. The summed E-state index contributed by atoms with van der Waals surface area (Å²) in [5.74, 6) is 3.50. The van der Waals surface area contributed by atoms with Gasteiger partial charge in [-0.1, -0.05) is 0 Å². The van der Waals surface area contributed by atoms with Crippen LogP contribution in [0.15, 0.2) is 0 Å². The zero-order valence-corrected chi connectivity index (χ0v) is 4.55. The first-order valence-corrected chi connectivity index (χ1v) is 1.93. The van der Waals surface area contributed by atoms with E-state index in [1.54, 1.807) is 0 Å². The van der Waals surface area contributed by atoms with Gasteiger partial charge < -0.3 is 10.4 Å². The van der Waals surface area contributed by atoms with Crippen molar-refractivity contribution in [3.05, 3.63) is 0 Å². The van der Waals surface area contributed by atoms with Crippen LogP contribution in [0.4, 0.5) is 0 Å². The Morgan fingerprint density at radius 1 is 1.43 bits per heavy atom. The minimum Gasteiger partial charge on any atom is -0.320 e. The SMILES string of the molecule is CC(C)NO.NO. The highest BCUT2D eigenvalue weighted by molar-refractivity contribution is 4.35. The molecule has 4 heteroatoms. The van der Waals surface area contributed by atoms with Gasteiger partial charge in [-0.2, -0.15) is 0 Å². The van der Waals surface area contributed by atoms with E-state index < -0.39 is 0 Å². The van der Waals surface area contributed by atoms with Crippen molar-refractivity contribution in [3.8, 4) is 0 Å². The predicted molar refractivity (Wildman–Crippen MR) is 26.0 cm³/mol. The zero-order chi connectivity index (χ0) is 6.28. The summed E-state index contributed by atoms with van der Waals surface area (Å²) >= 11 is 0. The highest BCUT2D eigenvalue weighted by Gasteiger charge is 1.78. The normalized spacial score (nSPS) is 7.71. The Morgan fingerprint density at radius 2 is 1.57 bits per heavy atom. The molecular formula is C3H12N2O2. The Kier molecular flexibility index (Phi) is 13.2. The molecule has 0 unspecified atom stereocenters. The maximum atomic E-state index is 7.89. The molecule has 0 aliphatic rings. The summed E-state index contributed by atoms with van der Waals surface area (Å²) in [4.78, 5) is 0. The molecule has 0 aromatic heterocycles. The molecule has 0 saturated carbocycles. The summed E-state index contributed by atoms with van der Waals surface area (Å²) in [5, 5.41) is 14.4. The van der Waals surface area contributed by atoms with Crippen molar-refractivity contribution in [2.24, 2.45) is 5.90 Å². The molecule has 0 amide bonds. The lowest BCUT2D eigenvalue weighted by Crippen LogP contribution is -2.16. The van der Waals surface area contributed by atoms with E-state index in [2.05, 4.69) is 5.90 Å². The van der Waals surface area contributed by atoms with Crippen molar-refractivity contribution >= 4 is 0 Å². The Balaban J connectivity index is 0. The molecule has 0 spiro atoms. The fraction of sp³-hybridized carbons (Fsp3) is 1.00. The smallest absolute Gasteiger partial charge is 0.0263 e. The van der Waals surface area contributed by atoms with E-state index >= 15 is 0 Å². The molecule has 7 heavy (non-hydrogen) atoms. The Hall–Kier alpha value is -0.160. The molecule has 46 valence electrons. The van der Waals surface area contributed by atoms with Gasteiger partial charge in [0.05, 0.1) is 0 Å². The van der Waals surface area contributed by atoms with Gasteiger partial charge in [0.1, 0.15) is 0 Å². The predicted octanol–water partition coefficient (Wildman–Crippen LogP) is -0.292. The fourth-order valence-corrected chi connectivity index (χ4v) is 0. The average Bonchev–Trinajstić information content (AvgIpc) is 1.73. The largest absolute Gasteiger partial charge is 0.320 e. The van der Waals surface area contributed by atoms with Crippen molar-refractivity contribution in [1.82, 2.24) is 5.48 Å². The van der Waals surface area contributed by atoms with Crippen molar-refractivity contribution in [2.75, 3.05) is 0 Å². The topological polar surface area (TPSA) is 78.5 Å². The van der Waals surface area contributed by atoms with Crippen LogP contribution in [0.25, 0.3) is 0 Å². The van der Waals surface area contributed by atoms with Gasteiger partial charge in [0.15, 0.2) is 0 Å². The first-order chi connectivity index (χ1) is 3.27. The van der Waals surface area contributed by atoms with Gasteiger partial charge in [0, 0.05) is 6.04 Å². The van der Waals surface area contributed by atoms with Gasteiger partial charge >= 0.3 is 0 Å². The number of hydrogen-bond donors (Lipinski definition) is 4. The summed E-state index contributed by atoms with van der Waals surface area (Å²) in [6.45, 7) is 3.72. The van der Waals surface area contributed by atoms with Crippen molar-refractivity contribution < 1.29 is 10.4 Å². The first-order valence-electron chi connectivity index (χ1n) is 1.93. The minimum absolute atomic E-state index is 0.190. The van der Waals surface area contributed by atoms with Gasteiger partial charge in [0.2, 0.25) is 0 Å². The number of nitrogens with one attached hydrogen (secondary N) is 1. The molecule has 0 bridgehead atoms. The monoisotopic (exact) mass is 108 g/mol. The van der Waals surface area contributed by atoms with Crippen LogP contribution in [0.1, 0.15) is 13.8 Å². The van der Waals surface area contributed by atoms with E-state index in [1.165, 1.54) is 0 Å². The lowest BCUT2D eigenvalue weighted by Gasteiger charge is -1.93. The molecule has 0 aromatic rings. The van der Waals surface area contributed by atoms with Crippen molar-refractivity contribution in [3.63, 3.8) is 0 Å². The average molecular weight is 108 g/mol. The summed E-state index contributed by atoms with van der Waals surface area (Å²) in [5.41, 5.74) is 2.03. The van der Waals surface area contributed by atoms with Crippen LogP contribution in [0.3, 0.4) is 0 Å². The zero-order valence-electron chi connectivity index (χ0n) is 4.55. The number of rotatable bonds is 1. The third-order valence-corrected chi connectivity index (χ3v) is 0.258. The molecule has 0 heterocycles. The lowest BCUT2D eigenvalue weighted by atomic mass is 10.4. The van der Waals surface area contributed by atoms with Crippen LogP contribution in [0, 0.1) is 0 Å². The Bertz CT molecular complexity index is 24.9. The summed E-state index contributed by atoms with van der Waals surface area (Å²) < 4.78 is 0. The third-order valence-electron chi connectivity index (χ3n) is 0.258. The van der Waals surface area contributed by atoms with Crippen LogP contribution in [0.5, 0.6) is 0 Å². The number of hydrogen-bond acceptors (Lipinski definition) is 4. The van der Waals surface area contributed by atoms with Gasteiger partial charge in [-0.3, -0.25) is 0 Å². The third kappa shape index (κ3) is 25.4. The second kappa shape index (κ2) is 9.28. The molecule has 0 aliphatic carbocycles. The van der Waals surface area contributed by atoms with Crippen LogP contribution >= 0.6 is 0 Å². The Morgan fingerprint density at radius 3 is 1.57 bits per heavy atom. The van der Waals surface area contributed by atoms with Crippen LogP contribution in [-0.4, -0.2) is 16.5 Å². The van der Waals surface area contributed by atoms with Gasteiger partial charge in [-0.25, -0.2) is 11.4 Å². The van der Waals surface area contributed by atoms with E-state index in [-0.39, 0.29) is 6.04 Å². The summed E-state index contributed by atoms with van der Waals surface area (Å²) in [7, 11) is 0. The second-order valence-corrected chi connectivity index (χ2v) is 1.28. The first kappa shape index (κ1) is 9.96. The molecule has 0 fully saturated rings. The minimum atomic E-state index is 0.190. The molecule has 0 atom stereocenters. The molecule has 0 aromatic carbocycles. The maximum Gasteiger partial charge on any atom is 0.0263 e. The maximum absolute atomic E-state index is 7.89. The standard InChI is InChI=1S/C3H9NO.H3NO/c1-3(2)4-5;1-2/h3-5H,1-2H3;2H,1H2. The van der Waals surface area contributed by atoms with Gasteiger partial charge in [-0.15, -0.1) is 0 Å². The van der Waals surface area contributed by atoms with E-state index in [9.17, 15) is 0 Å². The molecule has 0 radical (unpaired) electrons. The van der Waals surface area contributed by atoms with E-state index in [4.69, 9.17) is 10.4 Å². The van der Waals surface area contributed by atoms with E-state index in [1.807, 2.05) is 19.3 Å². The second-order valence-electron chi connectivity index (χ2n) is 1.28. The van der Waals surface area contributed by atoms with E-state index in [0.29, 0.717) is 0 Å². The molecule has 4 nitrogen and oxygen atoms in total. The Labute approximate surface area is 42.9 Å². The molecular weight excluding hydrogens is 96.0 g/mol. The van der Waals surface area contributed by atoms with Crippen LogP contribution < -0.4 is 11.4 Å². The quantitative estimate of drug-likeness (QED) is 0.348. The summed E-state index contributed by atoms with van der Waals surface area (Å²) in [6, 6.07) is 0.190. The number of nitrogens with two attached hydrogens (primary N) is 1. The molecule has 0 saturated heterocycles. The van der Waals surface area contributed by atoms with Crippen molar-refractivity contribution in [1.29, 1.82) is 0 Å². The van der Waals surface area contributed by atoms with Gasteiger partial charge in [-0.05, 0) is 13.8 Å². The molecule has 5 N–H and O–H groups in total. The number of hydroxylamine groups is 1. The highest BCUT2D eigenvalue weighted by atomic mass is 16.5. The van der Waals surface area contributed by atoms with Crippen LogP contribution in [0.2, 0.25) is 0 Å². The fourth-order valence-electron chi connectivity index (χ4n) is 0. The van der Waals surface area contributed by atoms with Crippen molar-refractivity contribution in [2.45, 2.75) is 19.9 Å².